The summed E-state index contributed by atoms with van der Waals surface area (Å²) in [7, 11) is 0. The Hall–Kier alpha value is -1.93. The summed E-state index contributed by atoms with van der Waals surface area (Å²) in [6.07, 6.45) is 7.38. The Morgan fingerprint density at radius 2 is 1.82 bits per heavy atom. The average molecular weight is 351 g/mol. The molecule has 2 aromatic carbocycles. The molecule has 0 fully saturated rings. The monoisotopic (exact) mass is 350 g/mol. The molecular weight excluding hydrogens is 336 g/mol. The van der Waals surface area contributed by atoms with Crippen LogP contribution in [0.4, 0.5) is 0 Å². The molecule has 2 aliphatic rings. The van der Waals surface area contributed by atoms with E-state index in [0.717, 1.165) is 22.0 Å². The predicted octanol–water partition coefficient (Wildman–Crippen LogP) is 5.08. The van der Waals surface area contributed by atoms with E-state index in [0.29, 0.717) is 11.8 Å². The second kappa shape index (κ2) is 5.36. The molecular formula is C20H15BrO. The Morgan fingerprint density at radius 1 is 1.05 bits per heavy atom. The first kappa shape index (κ1) is 13.7. The normalized spacial score (nSPS) is 22.0. The molecule has 22 heavy (non-hydrogen) atoms. The molecule has 2 atom stereocenters. The van der Waals surface area contributed by atoms with Crippen LogP contribution in [0.15, 0.2) is 76.8 Å². The number of rotatable bonds is 2. The summed E-state index contributed by atoms with van der Waals surface area (Å²) in [5, 5.41) is 0. The summed E-state index contributed by atoms with van der Waals surface area (Å²) in [4.78, 5) is 12.6. The molecule has 1 nitrogen and oxygen atoms in total. The van der Waals surface area contributed by atoms with Gasteiger partial charge in [0.2, 0.25) is 0 Å². The molecule has 0 aromatic heterocycles. The summed E-state index contributed by atoms with van der Waals surface area (Å²) in [5.41, 5.74) is 4.38. The SMILES string of the molecule is O=C(C1=C[C@@H]2Cc3ccccc3[C@@H]2C=C1)c1ccc(Br)cc1. The molecule has 0 amide bonds. The number of carbonyl (C=O) groups is 1. The number of benzene rings is 2. The Kier molecular flexibility index (Phi) is 3.34. The van der Waals surface area contributed by atoms with Crippen LogP contribution in [0.5, 0.6) is 0 Å². The van der Waals surface area contributed by atoms with Crippen LogP contribution >= 0.6 is 15.9 Å². The summed E-state index contributed by atoms with van der Waals surface area (Å²) in [5.74, 6) is 0.952. The number of hydrogen-bond donors (Lipinski definition) is 0. The molecule has 0 unspecified atom stereocenters. The van der Waals surface area contributed by atoms with Crippen molar-refractivity contribution in [2.75, 3.05) is 0 Å². The van der Waals surface area contributed by atoms with Gasteiger partial charge in [-0.15, -0.1) is 0 Å². The van der Waals surface area contributed by atoms with Crippen LogP contribution in [-0.4, -0.2) is 5.78 Å². The fraction of sp³-hybridized carbons (Fsp3) is 0.150. The number of halogens is 1. The second-order valence-corrected chi connectivity index (χ2v) is 6.83. The molecule has 2 heteroatoms. The lowest BCUT2D eigenvalue weighted by Gasteiger charge is -2.19. The van der Waals surface area contributed by atoms with Gasteiger partial charge in [-0.3, -0.25) is 4.79 Å². The van der Waals surface area contributed by atoms with E-state index in [4.69, 9.17) is 0 Å². The van der Waals surface area contributed by atoms with Crippen LogP contribution in [0.2, 0.25) is 0 Å². The number of hydrogen-bond acceptors (Lipinski definition) is 1. The van der Waals surface area contributed by atoms with Crippen molar-refractivity contribution in [1.29, 1.82) is 0 Å². The maximum Gasteiger partial charge on any atom is 0.192 e. The van der Waals surface area contributed by atoms with Gasteiger partial charge < -0.3 is 0 Å². The standard InChI is InChI=1S/C20H15BrO/c21-17-8-5-13(6-9-17)20(22)15-7-10-19-16(12-15)11-14-3-1-2-4-18(14)19/h1-10,12,16,19H,11H2/t16-,19+/m0/s1. The molecule has 0 aliphatic heterocycles. The Labute approximate surface area is 138 Å². The highest BCUT2D eigenvalue weighted by Gasteiger charge is 2.31. The highest BCUT2D eigenvalue weighted by atomic mass is 79.9. The average Bonchev–Trinajstić information content (AvgIpc) is 2.92. The van der Waals surface area contributed by atoms with Crippen LogP contribution in [0.25, 0.3) is 0 Å². The highest BCUT2D eigenvalue weighted by Crippen LogP contribution is 2.42. The zero-order valence-electron chi connectivity index (χ0n) is 12.0. The summed E-state index contributed by atoms with van der Waals surface area (Å²) >= 11 is 3.40. The van der Waals surface area contributed by atoms with Crippen molar-refractivity contribution >= 4 is 21.7 Å². The molecule has 4 rings (SSSR count). The molecule has 2 aromatic rings. The van der Waals surface area contributed by atoms with Gasteiger partial charge >= 0.3 is 0 Å². The number of allylic oxidation sites excluding steroid dienone is 4. The molecule has 108 valence electrons. The van der Waals surface area contributed by atoms with Gasteiger partial charge in [0.15, 0.2) is 5.78 Å². The topological polar surface area (TPSA) is 17.1 Å². The highest BCUT2D eigenvalue weighted by molar-refractivity contribution is 9.10. The summed E-state index contributed by atoms with van der Waals surface area (Å²) in [6, 6.07) is 16.2. The maximum atomic E-state index is 12.6. The molecule has 0 radical (unpaired) electrons. The van der Waals surface area contributed by atoms with Gasteiger partial charge in [0.05, 0.1) is 0 Å². The Bertz CT molecular complexity index is 799. The van der Waals surface area contributed by atoms with Crippen LogP contribution in [0.3, 0.4) is 0 Å². The lowest BCUT2D eigenvalue weighted by Crippen LogP contribution is -2.12. The van der Waals surface area contributed by atoms with E-state index in [2.05, 4.69) is 52.3 Å². The number of fused-ring (bicyclic) bond motifs is 3. The summed E-state index contributed by atoms with van der Waals surface area (Å²) in [6.45, 7) is 0. The van der Waals surface area contributed by atoms with Gasteiger partial charge in [-0.1, -0.05) is 58.4 Å². The van der Waals surface area contributed by atoms with Crippen molar-refractivity contribution in [3.8, 4) is 0 Å². The first-order valence-electron chi connectivity index (χ1n) is 7.50. The minimum absolute atomic E-state index is 0.109. The van der Waals surface area contributed by atoms with E-state index < -0.39 is 0 Å². The first-order valence-corrected chi connectivity index (χ1v) is 8.30. The lowest BCUT2D eigenvalue weighted by molar-refractivity contribution is 0.103. The zero-order chi connectivity index (χ0) is 15.1. The van der Waals surface area contributed by atoms with Crippen LogP contribution in [0, 0.1) is 5.92 Å². The van der Waals surface area contributed by atoms with E-state index in [-0.39, 0.29) is 5.78 Å². The van der Waals surface area contributed by atoms with E-state index in [9.17, 15) is 4.79 Å². The van der Waals surface area contributed by atoms with Gasteiger partial charge in [0.1, 0.15) is 0 Å². The Balaban J connectivity index is 1.63. The molecule has 0 saturated carbocycles. The molecule has 0 saturated heterocycles. The van der Waals surface area contributed by atoms with Gasteiger partial charge in [-0.05, 0) is 47.7 Å². The van der Waals surface area contributed by atoms with Crippen LogP contribution in [0.1, 0.15) is 27.4 Å². The van der Waals surface area contributed by atoms with Crippen molar-refractivity contribution < 1.29 is 4.79 Å². The van der Waals surface area contributed by atoms with Crippen molar-refractivity contribution in [2.24, 2.45) is 5.92 Å². The third-order valence-electron chi connectivity index (χ3n) is 4.58. The van der Waals surface area contributed by atoms with Crippen LogP contribution < -0.4 is 0 Å². The molecule has 0 bridgehead atoms. The number of ketones is 1. The van der Waals surface area contributed by atoms with Gasteiger partial charge in [0, 0.05) is 21.5 Å². The number of carbonyl (C=O) groups excluding carboxylic acids is 1. The van der Waals surface area contributed by atoms with E-state index in [1.54, 1.807) is 0 Å². The van der Waals surface area contributed by atoms with E-state index >= 15 is 0 Å². The quantitative estimate of drug-likeness (QED) is 0.690. The Morgan fingerprint density at radius 3 is 2.64 bits per heavy atom. The van der Waals surface area contributed by atoms with Crippen molar-refractivity contribution in [2.45, 2.75) is 12.3 Å². The largest absolute Gasteiger partial charge is 0.289 e. The minimum Gasteiger partial charge on any atom is -0.289 e. The molecule has 0 spiro atoms. The maximum absolute atomic E-state index is 12.6. The molecule has 0 heterocycles. The molecule has 0 N–H and O–H groups in total. The third kappa shape index (κ3) is 2.28. The lowest BCUT2D eigenvalue weighted by atomic mass is 9.84. The smallest absolute Gasteiger partial charge is 0.192 e. The summed E-state index contributed by atoms with van der Waals surface area (Å²) < 4.78 is 0.989. The first-order chi connectivity index (χ1) is 10.7. The van der Waals surface area contributed by atoms with E-state index in [1.807, 2.05) is 30.3 Å². The van der Waals surface area contributed by atoms with Crippen molar-refractivity contribution in [3.63, 3.8) is 0 Å². The van der Waals surface area contributed by atoms with E-state index in [1.165, 1.54) is 11.1 Å². The van der Waals surface area contributed by atoms with Gasteiger partial charge in [0.25, 0.3) is 0 Å². The van der Waals surface area contributed by atoms with Crippen molar-refractivity contribution in [3.05, 3.63) is 93.5 Å². The van der Waals surface area contributed by atoms with Crippen LogP contribution in [-0.2, 0) is 6.42 Å². The minimum atomic E-state index is 0.109. The molecule has 2 aliphatic carbocycles. The number of Topliss-reactive ketones (excluding diaryl/α,β-unsaturated/α-hetero) is 1. The van der Waals surface area contributed by atoms with Gasteiger partial charge in [-0.2, -0.15) is 0 Å². The van der Waals surface area contributed by atoms with Gasteiger partial charge in [-0.25, -0.2) is 0 Å². The fourth-order valence-electron chi connectivity index (χ4n) is 3.48. The second-order valence-electron chi connectivity index (χ2n) is 5.91. The predicted molar refractivity (Wildman–Crippen MR) is 92.1 cm³/mol. The zero-order valence-corrected chi connectivity index (χ0v) is 13.6. The van der Waals surface area contributed by atoms with Crippen molar-refractivity contribution in [1.82, 2.24) is 0 Å². The third-order valence-corrected chi connectivity index (χ3v) is 5.11. The fourth-order valence-corrected chi connectivity index (χ4v) is 3.74.